The third-order valence-corrected chi connectivity index (χ3v) is 4.03. The third-order valence-electron chi connectivity index (χ3n) is 2.70. The highest BCUT2D eigenvalue weighted by Crippen LogP contribution is 2.27. The van der Waals surface area contributed by atoms with Crippen molar-refractivity contribution in [3.05, 3.63) is 44.1 Å². The molecule has 0 amide bonds. The van der Waals surface area contributed by atoms with Gasteiger partial charge in [-0.1, -0.05) is 35.0 Å². The normalized spacial score (nSPS) is 12.6. The van der Waals surface area contributed by atoms with E-state index < -0.39 is 0 Å². The molecule has 5 heteroatoms. The van der Waals surface area contributed by atoms with Gasteiger partial charge in [0.25, 0.3) is 0 Å². The molecule has 0 saturated carbocycles. The highest BCUT2D eigenvalue weighted by atomic mass is 127. The maximum Gasteiger partial charge on any atom is 0.135 e. The Bertz CT molecular complexity index is 524. The van der Waals surface area contributed by atoms with E-state index in [1.165, 1.54) is 5.56 Å². The fourth-order valence-corrected chi connectivity index (χ4v) is 2.65. The van der Waals surface area contributed by atoms with Crippen LogP contribution in [-0.4, -0.2) is 9.78 Å². The molecule has 0 bridgehead atoms. The predicted molar refractivity (Wildman–Crippen MR) is 81.9 cm³/mol. The van der Waals surface area contributed by atoms with E-state index in [0.717, 1.165) is 20.3 Å². The van der Waals surface area contributed by atoms with Gasteiger partial charge < -0.3 is 5.73 Å². The van der Waals surface area contributed by atoms with E-state index in [2.05, 4.69) is 62.7 Å². The van der Waals surface area contributed by atoms with Crippen molar-refractivity contribution >= 4 is 44.3 Å². The van der Waals surface area contributed by atoms with Crippen molar-refractivity contribution in [2.75, 3.05) is 5.73 Å². The Morgan fingerprint density at radius 1 is 1.53 bits per heavy atom. The number of nitrogen functional groups attached to an aromatic ring is 1. The van der Waals surface area contributed by atoms with Crippen LogP contribution in [0.2, 0.25) is 0 Å². The van der Waals surface area contributed by atoms with E-state index in [4.69, 9.17) is 5.73 Å². The van der Waals surface area contributed by atoms with Gasteiger partial charge in [0.05, 0.1) is 15.8 Å². The molecule has 1 aromatic carbocycles. The molecule has 2 aromatic rings. The van der Waals surface area contributed by atoms with Crippen LogP contribution in [-0.2, 0) is 0 Å². The van der Waals surface area contributed by atoms with Crippen LogP contribution in [0.4, 0.5) is 5.82 Å². The first-order valence-corrected chi connectivity index (χ1v) is 7.24. The molecule has 2 N–H and O–H groups in total. The Morgan fingerprint density at radius 3 is 2.82 bits per heavy atom. The van der Waals surface area contributed by atoms with Gasteiger partial charge >= 0.3 is 0 Å². The lowest BCUT2D eigenvalue weighted by atomic mass is 10.1. The van der Waals surface area contributed by atoms with Crippen LogP contribution in [0.1, 0.15) is 24.9 Å². The molecule has 0 aliphatic rings. The van der Waals surface area contributed by atoms with Gasteiger partial charge in [0, 0.05) is 4.47 Å². The molecular weight excluding hydrogens is 393 g/mol. The number of hydrogen-bond donors (Lipinski definition) is 1. The number of aromatic nitrogens is 2. The molecule has 90 valence electrons. The lowest BCUT2D eigenvalue weighted by Crippen LogP contribution is -2.14. The van der Waals surface area contributed by atoms with Crippen LogP contribution in [0.15, 0.2) is 34.9 Å². The quantitative estimate of drug-likeness (QED) is 0.788. The largest absolute Gasteiger partial charge is 0.383 e. The van der Waals surface area contributed by atoms with Gasteiger partial charge in [-0.3, -0.25) is 0 Å². The van der Waals surface area contributed by atoms with Gasteiger partial charge in [-0.25, -0.2) is 4.68 Å². The van der Waals surface area contributed by atoms with Gasteiger partial charge in [-0.2, -0.15) is 5.10 Å². The second kappa shape index (κ2) is 5.39. The molecule has 1 atom stereocenters. The molecule has 1 unspecified atom stereocenters. The van der Waals surface area contributed by atoms with E-state index in [1.54, 1.807) is 6.20 Å². The van der Waals surface area contributed by atoms with Crippen LogP contribution >= 0.6 is 38.5 Å². The molecular formula is C12H13BrIN3. The van der Waals surface area contributed by atoms with Crippen LogP contribution in [0.25, 0.3) is 0 Å². The summed E-state index contributed by atoms with van der Waals surface area (Å²) in [4.78, 5) is 0. The third kappa shape index (κ3) is 2.65. The van der Waals surface area contributed by atoms with Gasteiger partial charge in [-0.05, 0) is 46.7 Å². The van der Waals surface area contributed by atoms with Gasteiger partial charge in [0.1, 0.15) is 5.82 Å². The SMILES string of the molecule is CCC(c1cccc(Br)c1)n1ncc(I)c1N. The van der Waals surface area contributed by atoms with Crippen LogP contribution in [0.5, 0.6) is 0 Å². The van der Waals surface area contributed by atoms with Gasteiger partial charge in [0.15, 0.2) is 0 Å². The average Bonchev–Trinajstić information content (AvgIpc) is 2.63. The minimum atomic E-state index is 0.191. The monoisotopic (exact) mass is 405 g/mol. The predicted octanol–water partition coefficient (Wildman–Crippen LogP) is 3.83. The number of benzene rings is 1. The summed E-state index contributed by atoms with van der Waals surface area (Å²) in [5.41, 5.74) is 7.25. The Hall–Kier alpha value is -0.560. The summed E-state index contributed by atoms with van der Waals surface area (Å²) in [6.07, 6.45) is 2.76. The first kappa shape index (κ1) is 12.9. The molecule has 17 heavy (non-hydrogen) atoms. The Morgan fingerprint density at radius 2 is 2.29 bits per heavy atom. The highest BCUT2D eigenvalue weighted by Gasteiger charge is 2.16. The smallest absolute Gasteiger partial charge is 0.135 e. The highest BCUT2D eigenvalue weighted by molar-refractivity contribution is 14.1. The topological polar surface area (TPSA) is 43.8 Å². The summed E-state index contributed by atoms with van der Waals surface area (Å²) in [6, 6.07) is 8.46. The number of nitrogens with two attached hydrogens (primary N) is 1. The van der Waals surface area contributed by atoms with Crippen molar-refractivity contribution in [2.45, 2.75) is 19.4 Å². The van der Waals surface area contributed by atoms with Crippen molar-refractivity contribution in [3.8, 4) is 0 Å². The molecule has 0 aliphatic carbocycles. The molecule has 1 aromatic heterocycles. The minimum Gasteiger partial charge on any atom is -0.383 e. The fourth-order valence-electron chi connectivity index (χ4n) is 1.86. The first-order valence-electron chi connectivity index (χ1n) is 5.37. The van der Waals surface area contributed by atoms with E-state index >= 15 is 0 Å². The van der Waals surface area contributed by atoms with E-state index in [0.29, 0.717) is 0 Å². The van der Waals surface area contributed by atoms with Crippen molar-refractivity contribution in [2.24, 2.45) is 0 Å². The van der Waals surface area contributed by atoms with Crippen molar-refractivity contribution in [3.63, 3.8) is 0 Å². The standard InChI is InChI=1S/C12H13BrIN3/c1-2-11(8-4-3-5-9(13)6-8)17-12(15)10(14)7-16-17/h3-7,11H,2,15H2,1H3. The van der Waals surface area contributed by atoms with Crippen molar-refractivity contribution in [1.82, 2.24) is 9.78 Å². The Labute approximate surface area is 123 Å². The van der Waals surface area contributed by atoms with Crippen molar-refractivity contribution in [1.29, 1.82) is 0 Å². The number of halogens is 2. The zero-order chi connectivity index (χ0) is 12.4. The summed E-state index contributed by atoms with van der Waals surface area (Å²) in [7, 11) is 0. The number of hydrogen-bond acceptors (Lipinski definition) is 2. The van der Waals surface area contributed by atoms with Crippen LogP contribution in [0, 0.1) is 3.57 Å². The summed E-state index contributed by atoms with van der Waals surface area (Å²) in [6.45, 7) is 2.14. The van der Waals surface area contributed by atoms with E-state index in [-0.39, 0.29) is 6.04 Å². The first-order chi connectivity index (χ1) is 8.13. The summed E-state index contributed by atoms with van der Waals surface area (Å²) in [5.74, 6) is 0.734. The molecule has 1 heterocycles. The second-order valence-corrected chi connectivity index (χ2v) is 5.88. The summed E-state index contributed by atoms with van der Waals surface area (Å²) >= 11 is 5.70. The van der Waals surface area contributed by atoms with Crippen LogP contribution < -0.4 is 5.73 Å². The molecule has 0 saturated heterocycles. The lowest BCUT2D eigenvalue weighted by Gasteiger charge is -2.18. The molecule has 0 fully saturated rings. The zero-order valence-electron chi connectivity index (χ0n) is 9.40. The van der Waals surface area contributed by atoms with Gasteiger partial charge in [-0.15, -0.1) is 0 Å². The molecule has 0 spiro atoms. The lowest BCUT2D eigenvalue weighted by molar-refractivity contribution is 0.516. The fraction of sp³-hybridized carbons (Fsp3) is 0.250. The summed E-state index contributed by atoms with van der Waals surface area (Å²) in [5, 5.41) is 4.36. The minimum absolute atomic E-state index is 0.191. The molecule has 2 rings (SSSR count). The molecule has 3 nitrogen and oxygen atoms in total. The number of rotatable bonds is 3. The Kier molecular flexibility index (Phi) is 4.09. The van der Waals surface area contributed by atoms with Crippen molar-refractivity contribution < 1.29 is 0 Å². The average molecular weight is 406 g/mol. The van der Waals surface area contributed by atoms with E-state index in [1.807, 2.05) is 16.8 Å². The zero-order valence-corrected chi connectivity index (χ0v) is 13.1. The van der Waals surface area contributed by atoms with Crippen LogP contribution in [0.3, 0.4) is 0 Å². The number of anilines is 1. The van der Waals surface area contributed by atoms with E-state index in [9.17, 15) is 0 Å². The number of nitrogens with zero attached hydrogens (tertiary/aromatic N) is 2. The second-order valence-electron chi connectivity index (χ2n) is 3.80. The maximum absolute atomic E-state index is 6.04. The molecule has 0 aliphatic heterocycles. The summed E-state index contributed by atoms with van der Waals surface area (Å²) < 4.78 is 3.97. The van der Waals surface area contributed by atoms with Gasteiger partial charge in [0.2, 0.25) is 0 Å². The molecule has 0 radical (unpaired) electrons. The maximum atomic E-state index is 6.04. The Balaban J connectivity index is 2.44.